The Hall–Kier alpha value is -2.67. The number of non-ortho nitro benzene ring substituents is 1. The molecule has 0 amide bonds. The van der Waals surface area contributed by atoms with Crippen LogP contribution in [0.4, 0.5) is 5.69 Å². The first-order valence-corrected chi connectivity index (χ1v) is 9.19. The van der Waals surface area contributed by atoms with Gasteiger partial charge in [-0.2, -0.15) is 0 Å². The Balaban J connectivity index is 2.28. The number of carbonyl (C=O) groups excluding carboxylic acids is 2. The summed E-state index contributed by atoms with van der Waals surface area (Å²) in [6, 6.07) is 4.04. The van der Waals surface area contributed by atoms with E-state index < -0.39 is 16.8 Å². The van der Waals surface area contributed by atoms with E-state index in [0.717, 1.165) is 5.70 Å². The fraction of sp³-hybridized carbons (Fsp3) is 0.400. The zero-order valence-corrected chi connectivity index (χ0v) is 16.8. The quantitative estimate of drug-likeness (QED) is 0.464. The molecule has 148 valence electrons. The summed E-state index contributed by atoms with van der Waals surface area (Å²) >= 11 is 6.38. The van der Waals surface area contributed by atoms with Crippen molar-refractivity contribution in [2.24, 2.45) is 5.41 Å². The Morgan fingerprint density at radius 2 is 2.04 bits per heavy atom. The summed E-state index contributed by atoms with van der Waals surface area (Å²) in [6.07, 6.45) is 0.924. The number of esters is 1. The maximum absolute atomic E-state index is 13.1. The number of carbonyl (C=O) groups is 2. The molecule has 7 nitrogen and oxygen atoms in total. The van der Waals surface area contributed by atoms with Crippen LogP contribution in [0.15, 0.2) is 40.7 Å². The van der Waals surface area contributed by atoms with Gasteiger partial charge in [0.25, 0.3) is 5.69 Å². The van der Waals surface area contributed by atoms with E-state index in [9.17, 15) is 19.7 Å². The van der Waals surface area contributed by atoms with Crippen LogP contribution in [0.5, 0.6) is 0 Å². The van der Waals surface area contributed by atoms with E-state index in [4.69, 9.17) is 16.3 Å². The third kappa shape index (κ3) is 3.42. The summed E-state index contributed by atoms with van der Waals surface area (Å²) in [4.78, 5) is 36.4. The molecule has 1 heterocycles. The fourth-order valence-corrected chi connectivity index (χ4v) is 4.22. The number of nitro groups is 1. The zero-order valence-electron chi connectivity index (χ0n) is 16.1. The van der Waals surface area contributed by atoms with Gasteiger partial charge in [0.15, 0.2) is 5.78 Å². The highest BCUT2D eigenvalue weighted by Gasteiger charge is 2.43. The van der Waals surface area contributed by atoms with Crippen molar-refractivity contribution in [2.75, 3.05) is 7.11 Å². The first-order valence-electron chi connectivity index (χ1n) is 8.82. The van der Waals surface area contributed by atoms with Crippen LogP contribution >= 0.6 is 11.6 Å². The highest BCUT2D eigenvalue weighted by atomic mass is 35.5. The largest absolute Gasteiger partial charge is 0.466 e. The summed E-state index contributed by atoms with van der Waals surface area (Å²) in [5.41, 5.74) is 1.87. The van der Waals surface area contributed by atoms with Crippen molar-refractivity contribution in [1.82, 2.24) is 5.32 Å². The lowest BCUT2D eigenvalue weighted by molar-refractivity contribution is -0.384. The predicted octanol–water partition coefficient (Wildman–Crippen LogP) is 4.03. The number of hydrogen-bond acceptors (Lipinski definition) is 6. The second-order valence-corrected chi connectivity index (χ2v) is 8.29. The molecule has 0 bridgehead atoms. The van der Waals surface area contributed by atoms with Gasteiger partial charge in [0.05, 0.1) is 17.6 Å². The summed E-state index contributed by atoms with van der Waals surface area (Å²) in [7, 11) is 1.25. The monoisotopic (exact) mass is 404 g/mol. The number of benzene rings is 1. The second kappa shape index (κ2) is 7.05. The van der Waals surface area contributed by atoms with Crippen molar-refractivity contribution in [3.05, 3.63) is 61.4 Å². The molecule has 3 rings (SSSR count). The number of hydrogen-bond donors (Lipinski definition) is 1. The molecular weight excluding hydrogens is 384 g/mol. The van der Waals surface area contributed by atoms with Crippen LogP contribution in [0.1, 0.15) is 45.1 Å². The lowest BCUT2D eigenvalue weighted by atomic mass is 9.68. The van der Waals surface area contributed by atoms with Gasteiger partial charge in [-0.05, 0) is 30.4 Å². The highest BCUT2D eigenvalue weighted by Crippen LogP contribution is 2.48. The number of nitro benzene ring substituents is 1. The van der Waals surface area contributed by atoms with E-state index in [2.05, 4.69) is 5.32 Å². The smallest absolute Gasteiger partial charge is 0.336 e. The minimum Gasteiger partial charge on any atom is -0.466 e. The molecule has 2 aliphatic rings. The highest BCUT2D eigenvalue weighted by molar-refractivity contribution is 6.31. The normalized spacial score (nSPS) is 21.2. The average molecular weight is 405 g/mol. The van der Waals surface area contributed by atoms with Crippen molar-refractivity contribution in [3.8, 4) is 0 Å². The fourth-order valence-electron chi connectivity index (χ4n) is 3.99. The molecule has 0 aromatic heterocycles. The van der Waals surface area contributed by atoms with Gasteiger partial charge in [0.2, 0.25) is 0 Å². The molecule has 0 spiro atoms. The Morgan fingerprint density at radius 3 is 2.64 bits per heavy atom. The number of allylic oxidation sites excluding steroid dienone is 3. The standard InChI is InChI=1S/C20H21ClN2O5/c1-10-16(19(25)28-4)17(12-7-11(23(26)27)5-6-13(12)21)18-14(22-10)8-20(2,3)9-15(18)24/h5-7,17,22H,8-9H2,1-4H3. The van der Waals surface area contributed by atoms with E-state index in [0.29, 0.717) is 29.7 Å². The molecule has 28 heavy (non-hydrogen) atoms. The van der Waals surface area contributed by atoms with E-state index in [-0.39, 0.29) is 27.5 Å². The summed E-state index contributed by atoms with van der Waals surface area (Å²) < 4.78 is 4.94. The number of dihydropyridines is 1. The van der Waals surface area contributed by atoms with Crippen molar-refractivity contribution in [2.45, 2.75) is 39.5 Å². The van der Waals surface area contributed by atoms with E-state index >= 15 is 0 Å². The van der Waals surface area contributed by atoms with Crippen LogP contribution < -0.4 is 5.32 Å². The maximum Gasteiger partial charge on any atom is 0.336 e. The molecule has 1 N–H and O–H groups in total. The van der Waals surface area contributed by atoms with Crippen LogP contribution in [0, 0.1) is 15.5 Å². The lowest BCUT2D eigenvalue weighted by Gasteiger charge is -2.39. The van der Waals surface area contributed by atoms with Crippen molar-refractivity contribution in [3.63, 3.8) is 0 Å². The van der Waals surface area contributed by atoms with Gasteiger partial charge in [-0.15, -0.1) is 0 Å². The molecule has 1 aromatic rings. The minimum absolute atomic E-state index is 0.111. The SMILES string of the molecule is COC(=O)C1=C(C)NC2=C(C(=O)CC(C)(C)C2)C1c1cc([N+](=O)[O-])ccc1Cl. The number of methoxy groups -OCH3 is 1. The number of halogens is 1. The Bertz CT molecular complexity index is 961. The van der Waals surface area contributed by atoms with Gasteiger partial charge < -0.3 is 10.1 Å². The third-order valence-corrected chi connectivity index (χ3v) is 5.49. The van der Waals surface area contributed by atoms with Crippen LogP contribution in [0.3, 0.4) is 0 Å². The third-order valence-electron chi connectivity index (χ3n) is 5.15. The van der Waals surface area contributed by atoms with Gasteiger partial charge in [0.1, 0.15) is 0 Å². The number of ether oxygens (including phenoxy) is 1. The van der Waals surface area contributed by atoms with Crippen molar-refractivity contribution < 1.29 is 19.2 Å². The van der Waals surface area contributed by atoms with Crippen LogP contribution in [-0.4, -0.2) is 23.8 Å². The molecule has 1 aliphatic heterocycles. The molecule has 1 aromatic carbocycles. The number of ketones is 1. The molecule has 1 aliphatic carbocycles. The van der Waals surface area contributed by atoms with Gasteiger partial charge in [-0.3, -0.25) is 14.9 Å². The molecule has 1 atom stereocenters. The zero-order chi connectivity index (χ0) is 20.8. The van der Waals surface area contributed by atoms with Crippen LogP contribution in [0.2, 0.25) is 5.02 Å². The number of Topliss-reactive ketones (excluding diaryl/α,β-unsaturated/α-hetero) is 1. The van der Waals surface area contributed by atoms with E-state index in [1.165, 1.54) is 25.3 Å². The molecule has 0 radical (unpaired) electrons. The second-order valence-electron chi connectivity index (χ2n) is 7.88. The first-order chi connectivity index (χ1) is 13.1. The van der Waals surface area contributed by atoms with E-state index in [1.54, 1.807) is 6.92 Å². The lowest BCUT2D eigenvalue weighted by Crippen LogP contribution is -2.38. The van der Waals surface area contributed by atoms with Gasteiger partial charge in [-0.1, -0.05) is 25.4 Å². The van der Waals surface area contributed by atoms with E-state index in [1.807, 2.05) is 13.8 Å². The Labute approximate surface area is 167 Å². The van der Waals surface area contributed by atoms with Crippen molar-refractivity contribution in [1.29, 1.82) is 0 Å². The van der Waals surface area contributed by atoms with Gasteiger partial charge in [-0.25, -0.2) is 4.79 Å². The van der Waals surface area contributed by atoms with Gasteiger partial charge in [0, 0.05) is 46.5 Å². The topological polar surface area (TPSA) is 98.5 Å². The van der Waals surface area contributed by atoms with Crippen LogP contribution in [-0.2, 0) is 14.3 Å². The molecular formula is C20H21ClN2O5. The summed E-state index contributed by atoms with van der Waals surface area (Å²) in [5.74, 6) is -1.54. The Kier molecular flexibility index (Phi) is 5.06. The molecule has 8 heteroatoms. The first kappa shape index (κ1) is 20.1. The predicted molar refractivity (Wildman–Crippen MR) is 104 cm³/mol. The molecule has 1 unspecified atom stereocenters. The minimum atomic E-state index is -0.820. The Morgan fingerprint density at radius 1 is 1.36 bits per heavy atom. The molecule has 0 saturated carbocycles. The number of nitrogens with one attached hydrogen (secondary N) is 1. The number of nitrogens with zero attached hydrogens (tertiary/aromatic N) is 1. The molecule has 0 fully saturated rings. The molecule has 0 saturated heterocycles. The summed E-state index contributed by atoms with van der Waals surface area (Å²) in [5, 5.41) is 14.7. The van der Waals surface area contributed by atoms with Gasteiger partial charge >= 0.3 is 5.97 Å². The number of rotatable bonds is 3. The van der Waals surface area contributed by atoms with Crippen molar-refractivity contribution >= 4 is 29.0 Å². The van der Waals surface area contributed by atoms with Crippen LogP contribution in [0.25, 0.3) is 0 Å². The average Bonchev–Trinajstić information content (AvgIpc) is 2.59. The summed E-state index contributed by atoms with van der Waals surface area (Å²) in [6.45, 7) is 5.72. The maximum atomic E-state index is 13.1.